The lowest BCUT2D eigenvalue weighted by Crippen LogP contribution is -2.27. The fourth-order valence-corrected chi connectivity index (χ4v) is 2.17. The Kier molecular flexibility index (Phi) is 4.47. The van der Waals surface area contributed by atoms with Gasteiger partial charge in [-0.1, -0.05) is 24.3 Å². The van der Waals surface area contributed by atoms with Crippen LogP contribution in [0.1, 0.15) is 10.5 Å². The molecule has 0 aliphatic heterocycles. The number of nitrogens with one attached hydrogen (secondary N) is 1. The highest BCUT2D eigenvalue weighted by Crippen LogP contribution is 2.16. The number of hydrogen-bond acceptors (Lipinski definition) is 4. The van der Waals surface area contributed by atoms with Gasteiger partial charge in [0.2, 0.25) is 5.95 Å². The van der Waals surface area contributed by atoms with Gasteiger partial charge in [0.05, 0.1) is 0 Å². The first kappa shape index (κ1) is 15.6. The molecule has 0 bridgehead atoms. The van der Waals surface area contributed by atoms with Crippen LogP contribution in [0.25, 0.3) is 0 Å². The van der Waals surface area contributed by atoms with Crippen LogP contribution in [-0.2, 0) is 0 Å². The standard InChI is InChI=1S/C18H15FN4O/c1-23(15-8-3-2-4-9-15)17(24)16-10-11-20-18(22-16)21-14-7-5-6-13(19)12-14/h2-12H,1H3,(H,20,21,22). The smallest absolute Gasteiger partial charge is 0.276 e. The van der Waals surface area contributed by atoms with E-state index in [1.165, 1.54) is 23.2 Å². The van der Waals surface area contributed by atoms with Gasteiger partial charge in [-0.25, -0.2) is 14.4 Å². The molecule has 1 aromatic heterocycles. The molecule has 0 atom stereocenters. The number of halogens is 1. The minimum Gasteiger partial charge on any atom is -0.324 e. The van der Waals surface area contributed by atoms with Gasteiger partial charge >= 0.3 is 0 Å². The van der Waals surface area contributed by atoms with Gasteiger partial charge in [0, 0.05) is 24.6 Å². The Balaban J connectivity index is 1.81. The number of para-hydroxylation sites is 1. The molecule has 0 spiro atoms. The molecule has 2 aromatic carbocycles. The molecule has 1 N–H and O–H groups in total. The first-order chi connectivity index (χ1) is 11.6. The van der Waals surface area contributed by atoms with Crippen LogP contribution >= 0.6 is 0 Å². The van der Waals surface area contributed by atoms with Crippen molar-refractivity contribution in [2.24, 2.45) is 0 Å². The average Bonchev–Trinajstić information content (AvgIpc) is 2.61. The zero-order chi connectivity index (χ0) is 16.9. The average molecular weight is 322 g/mol. The third kappa shape index (κ3) is 3.55. The van der Waals surface area contributed by atoms with E-state index in [4.69, 9.17) is 0 Å². The molecule has 0 saturated heterocycles. The highest BCUT2D eigenvalue weighted by Gasteiger charge is 2.15. The number of carbonyl (C=O) groups excluding carboxylic acids is 1. The minimum absolute atomic E-state index is 0.230. The highest BCUT2D eigenvalue weighted by atomic mass is 19.1. The third-order valence-corrected chi connectivity index (χ3v) is 3.40. The van der Waals surface area contributed by atoms with E-state index < -0.39 is 0 Å². The Morgan fingerprint density at radius 2 is 1.88 bits per heavy atom. The Morgan fingerprint density at radius 3 is 2.62 bits per heavy atom. The van der Waals surface area contributed by atoms with Gasteiger partial charge in [0.25, 0.3) is 5.91 Å². The molecule has 0 aliphatic rings. The molecule has 0 unspecified atom stereocenters. The van der Waals surface area contributed by atoms with Gasteiger partial charge in [-0.2, -0.15) is 0 Å². The summed E-state index contributed by atoms with van der Waals surface area (Å²) in [5, 5.41) is 2.89. The molecular weight excluding hydrogens is 307 g/mol. The summed E-state index contributed by atoms with van der Waals surface area (Å²) in [6.45, 7) is 0. The van der Waals surface area contributed by atoms with E-state index in [1.54, 1.807) is 25.2 Å². The van der Waals surface area contributed by atoms with Crippen LogP contribution in [-0.4, -0.2) is 22.9 Å². The fourth-order valence-electron chi connectivity index (χ4n) is 2.17. The zero-order valence-corrected chi connectivity index (χ0v) is 13.0. The molecule has 5 nitrogen and oxygen atoms in total. The Hall–Kier alpha value is -3.28. The molecule has 120 valence electrons. The van der Waals surface area contributed by atoms with Crippen LogP contribution in [0.15, 0.2) is 66.9 Å². The fraction of sp³-hybridized carbons (Fsp3) is 0.0556. The van der Waals surface area contributed by atoms with Crippen LogP contribution in [0.3, 0.4) is 0 Å². The first-order valence-electron chi connectivity index (χ1n) is 7.32. The lowest BCUT2D eigenvalue weighted by molar-refractivity contribution is 0.0988. The lowest BCUT2D eigenvalue weighted by Gasteiger charge is -2.17. The summed E-state index contributed by atoms with van der Waals surface area (Å²) in [4.78, 5) is 22.3. The second-order valence-electron chi connectivity index (χ2n) is 5.10. The SMILES string of the molecule is CN(C(=O)c1ccnc(Nc2cccc(F)c2)n1)c1ccccc1. The highest BCUT2D eigenvalue weighted by molar-refractivity contribution is 6.04. The molecule has 0 aliphatic carbocycles. The topological polar surface area (TPSA) is 58.1 Å². The second kappa shape index (κ2) is 6.87. The predicted octanol–water partition coefficient (Wildman–Crippen LogP) is 3.64. The van der Waals surface area contributed by atoms with Gasteiger partial charge in [0.15, 0.2) is 0 Å². The molecule has 6 heteroatoms. The number of anilines is 3. The summed E-state index contributed by atoms with van der Waals surface area (Å²) in [6.07, 6.45) is 1.49. The van der Waals surface area contributed by atoms with Crippen LogP contribution in [0.4, 0.5) is 21.7 Å². The molecule has 0 saturated carbocycles. The van der Waals surface area contributed by atoms with Crippen LogP contribution in [0.2, 0.25) is 0 Å². The maximum atomic E-state index is 13.2. The lowest BCUT2D eigenvalue weighted by atomic mass is 10.2. The number of hydrogen-bond donors (Lipinski definition) is 1. The summed E-state index contributed by atoms with van der Waals surface area (Å²) < 4.78 is 13.2. The van der Waals surface area contributed by atoms with Crippen molar-refractivity contribution in [1.82, 2.24) is 9.97 Å². The Labute approximate surface area is 138 Å². The maximum absolute atomic E-state index is 13.2. The molecule has 3 rings (SSSR count). The molecule has 0 fully saturated rings. The third-order valence-electron chi connectivity index (χ3n) is 3.40. The molecule has 1 amide bonds. The summed E-state index contributed by atoms with van der Waals surface area (Å²) in [5.41, 5.74) is 1.52. The molecular formula is C18H15FN4O. The van der Waals surface area contributed by atoms with E-state index in [2.05, 4.69) is 15.3 Å². The maximum Gasteiger partial charge on any atom is 0.276 e. The van der Waals surface area contributed by atoms with Crippen molar-refractivity contribution in [2.45, 2.75) is 0 Å². The monoisotopic (exact) mass is 322 g/mol. The minimum atomic E-state index is -0.365. The molecule has 24 heavy (non-hydrogen) atoms. The van der Waals surface area contributed by atoms with E-state index in [0.29, 0.717) is 5.69 Å². The van der Waals surface area contributed by atoms with Gasteiger partial charge in [-0.05, 0) is 36.4 Å². The number of amides is 1. The summed E-state index contributed by atoms with van der Waals surface area (Å²) in [6, 6.07) is 16.8. The quantitative estimate of drug-likeness (QED) is 0.797. The number of carbonyl (C=O) groups is 1. The van der Waals surface area contributed by atoms with Gasteiger partial charge in [-0.15, -0.1) is 0 Å². The molecule has 1 heterocycles. The summed E-state index contributed by atoms with van der Waals surface area (Å²) in [5.74, 6) is -0.394. The number of benzene rings is 2. The zero-order valence-electron chi connectivity index (χ0n) is 13.0. The first-order valence-corrected chi connectivity index (χ1v) is 7.32. The van der Waals surface area contributed by atoms with Crippen molar-refractivity contribution in [1.29, 1.82) is 0 Å². The summed E-state index contributed by atoms with van der Waals surface area (Å²) >= 11 is 0. The van der Waals surface area contributed by atoms with Gasteiger partial charge in [0.1, 0.15) is 11.5 Å². The van der Waals surface area contributed by atoms with Gasteiger partial charge in [-0.3, -0.25) is 4.79 Å². The van der Waals surface area contributed by atoms with E-state index in [9.17, 15) is 9.18 Å². The Bertz CT molecular complexity index is 854. The van der Waals surface area contributed by atoms with E-state index in [-0.39, 0.29) is 23.4 Å². The van der Waals surface area contributed by atoms with Crippen molar-refractivity contribution < 1.29 is 9.18 Å². The van der Waals surface area contributed by atoms with Crippen molar-refractivity contribution in [3.63, 3.8) is 0 Å². The summed E-state index contributed by atoms with van der Waals surface area (Å²) in [7, 11) is 1.68. The van der Waals surface area contributed by atoms with Crippen LogP contribution in [0, 0.1) is 5.82 Å². The van der Waals surface area contributed by atoms with Crippen molar-refractivity contribution in [3.8, 4) is 0 Å². The number of aromatic nitrogens is 2. The Morgan fingerprint density at radius 1 is 1.08 bits per heavy atom. The van der Waals surface area contributed by atoms with Crippen molar-refractivity contribution in [2.75, 3.05) is 17.3 Å². The molecule has 3 aromatic rings. The normalized spacial score (nSPS) is 10.2. The number of rotatable bonds is 4. The largest absolute Gasteiger partial charge is 0.324 e. The predicted molar refractivity (Wildman–Crippen MR) is 90.9 cm³/mol. The van der Waals surface area contributed by atoms with E-state index in [0.717, 1.165) is 5.69 Å². The van der Waals surface area contributed by atoms with Crippen LogP contribution in [0.5, 0.6) is 0 Å². The van der Waals surface area contributed by atoms with E-state index >= 15 is 0 Å². The van der Waals surface area contributed by atoms with E-state index in [1.807, 2.05) is 30.3 Å². The van der Waals surface area contributed by atoms with Crippen molar-refractivity contribution in [3.05, 3.63) is 78.4 Å². The molecule has 0 radical (unpaired) electrons. The van der Waals surface area contributed by atoms with Gasteiger partial charge < -0.3 is 10.2 Å². The van der Waals surface area contributed by atoms with Crippen LogP contribution < -0.4 is 10.2 Å². The van der Waals surface area contributed by atoms with Crippen molar-refractivity contribution >= 4 is 23.2 Å². The number of nitrogens with zero attached hydrogens (tertiary/aromatic N) is 3. The second-order valence-corrected chi connectivity index (χ2v) is 5.10.